The molecule has 1 amide bonds. The quantitative estimate of drug-likeness (QED) is 0.852. The van der Waals surface area contributed by atoms with Gasteiger partial charge in [-0.3, -0.25) is 9.78 Å². The summed E-state index contributed by atoms with van der Waals surface area (Å²) < 4.78 is 0. The first-order chi connectivity index (χ1) is 10.7. The van der Waals surface area contributed by atoms with E-state index >= 15 is 0 Å². The summed E-state index contributed by atoms with van der Waals surface area (Å²) in [5.41, 5.74) is 5.12. The third kappa shape index (κ3) is 2.17. The van der Waals surface area contributed by atoms with E-state index in [2.05, 4.69) is 16.9 Å². The maximum absolute atomic E-state index is 12.4. The first-order valence-corrected chi connectivity index (χ1v) is 7.81. The van der Waals surface area contributed by atoms with Crippen LogP contribution in [0.3, 0.4) is 0 Å². The second kappa shape index (κ2) is 5.16. The standard InChI is InChI=1S/C17H18N4O/c1-11-12-5-2-3-7-14(12)20-16(19-11)10-21-9-15-13(17(21)22)6-4-8-18-15/h4,6,8H,2-3,5,7,9-10H2,1H3. The van der Waals surface area contributed by atoms with Gasteiger partial charge in [0.05, 0.1) is 24.3 Å². The van der Waals surface area contributed by atoms with E-state index in [0.29, 0.717) is 18.7 Å². The van der Waals surface area contributed by atoms with Crippen molar-refractivity contribution in [3.8, 4) is 0 Å². The largest absolute Gasteiger partial charge is 0.325 e. The summed E-state index contributed by atoms with van der Waals surface area (Å²) in [5.74, 6) is 0.779. The Kier molecular flexibility index (Phi) is 3.13. The number of carbonyl (C=O) groups excluding carboxylic acids is 1. The number of aryl methyl sites for hydroxylation is 2. The van der Waals surface area contributed by atoms with E-state index in [1.54, 1.807) is 17.2 Å². The van der Waals surface area contributed by atoms with Crippen LogP contribution in [0, 0.1) is 6.92 Å². The highest BCUT2D eigenvalue weighted by atomic mass is 16.2. The fraction of sp³-hybridized carbons (Fsp3) is 0.412. The van der Waals surface area contributed by atoms with Crippen LogP contribution in [0.4, 0.5) is 0 Å². The predicted molar refractivity (Wildman–Crippen MR) is 81.2 cm³/mol. The lowest BCUT2D eigenvalue weighted by Crippen LogP contribution is -2.25. The zero-order valence-electron chi connectivity index (χ0n) is 12.7. The fourth-order valence-electron chi connectivity index (χ4n) is 3.40. The second-order valence-corrected chi connectivity index (χ2v) is 6.02. The smallest absolute Gasteiger partial charge is 0.256 e. The Balaban J connectivity index is 1.60. The maximum atomic E-state index is 12.4. The van der Waals surface area contributed by atoms with Crippen molar-refractivity contribution in [1.82, 2.24) is 19.9 Å². The van der Waals surface area contributed by atoms with Crippen molar-refractivity contribution >= 4 is 5.91 Å². The lowest BCUT2D eigenvalue weighted by Gasteiger charge is -2.20. The predicted octanol–water partition coefficient (Wildman–Crippen LogP) is 2.21. The van der Waals surface area contributed by atoms with Crippen molar-refractivity contribution in [2.45, 2.75) is 45.7 Å². The highest BCUT2D eigenvalue weighted by Gasteiger charge is 2.29. The number of hydrogen-bond acceptors (Lipinski definition) is 4. The number of pyridine rings is 1. The normalized spacial score (nSPS) is 16.6. The molecule has 0 aromatic carbocycles. The van der Waals surface area contributed by atoms with Gasteiger partial charge in [-0.1, -0.05) is 0 Å². The number of carbonyl (C=O) groups is 1. The Morgan fingerprint density at radius 3 is 2.91 bits per heavy atom. The van der Waals surface area contributed by atoms with E-state index in [1.165, 1.54) is 24.1 Å². The summed E-state index contributed by atoms with van der Waals surface area (Å²) in [7, 11) is 0. The molecule has 2 aromatic rings. The number of fused-ring (bicyclic) bond motifs is 2. The molecule has 1 aliphatic heterocycles. The molecule has 0 N–H and O–H groups in total. The maximum Gasteiger partial charge on any atom is 0.256 e. The van der Waals surface area contributed by atoms with Gasteiger partial charge in [-0.05, 0) is 50.3 Å². The molecule has 0 atom stereocenters. The van der Waals surface area contributed by atoms with Crippen molar-refractivity contribution in [2.24, 2.45) is 0 Å². The molecule has 22 heavy (non-hydrogen) atoms. The third-order valence-electron chi connectivity index (χ3n) is 4.52. The van der Waals surface area contributed by atoms with Gasteiger partial charge in [-0.2, -0.15) is 0 Å². The van der Waals surface area contributed by atoms with Crippen LogP contribution in [0.5, 0.6) is 0 Å². The Morgan fingerprint density at radius 2 is 2.05 bits per heavy atom. The van der Waals surface area contributed by atoms with E-state index in [-0.39, 0.29) is 5.91 Å². The van der Waals surface area contributed by atoms with Crippen molar-refractivity contribution in [2.75, 3.05) is 0 Å². The van der Waals surface area contributed by atoms with Gasteiger partial charge in [0.1, 0.15) is 5.82 Å². The highest BCUT2D eigenvalue weighted by Crippen LogP contribution is 2.24. The summed E-state index contributed by atoms with van der Waals surface area (Å²) in [6.45, 7) is 3.06. The number of aromatic nitrogens is 3. The van der Waals surface area contributed by atoms with Crippen molar-refractivity contribution in [1.29, 1.82) is 0 Å². The monoisotopic (exact) mass is 294 g/mol. The first kappa shape index (κ1) is 13.4. The molecule has 3 heterocycles. The van der Waals surface area contributed by atoms with E-state index in [0.717, 1.165) is 30.1 Å². The van der Waals surface area contributed by atoms with E-state index in [1.807, 2.05) is 6.07 Å². The molecule has 5 nitrogen and oxygen atoms in total. The summed E-state index contributed by atoms with van der Waals surface area (Å²) >= 11 is 0. The zero-order valence-corrected chi connectivity index (χ0v) is 12.7. The fourth-order valence-corrected chi connectivity index (χ4v) is 3.40. The van der Waals surface area contributed by atoms with Crippen LogP contribution in [0.15, 0.2) is 18.3 Å². The molecule has 0 fully saturated rings. The molecule has 0 spiro atoms. The van der Waals surface area contributed by atoms with E-state index < -0.39 is 0 Å². The van der Waals surface area contributed by atoms with E-state index in [4.69, 9.17) is 4.98 Å². The minimum Gasteiger partial charge on any atom is -0.325 e. The zero-order chi connectivity index (χ0) is 15.1. The molecule has 4 rings (SSSR count). The molecule has 0 unspecified atom stereocenters. The first-order valence-electron chi connectivity index (χ1n) is 7.81. The lowest BCUT2D eigenvalue weighted by molar-refractivity contribution is 0.0761. The number of hydrogen-bond donors (Lipinski definition) is 0. The van der Waals surface area contributed by atoms with Gasteiger partial charge in [-0.15, -0.1) is 0 Å². The van der Waals surface area contributed by atoms with Crippen LogP contribution in [0.2, 0.25) is 0 Å². The summed E-state index contributed by atoms with van der Waals surface area (Å²) in [4.78, 5) is 27.8. The van der Waals surface area contributed by atoms with Gasteiger partial charge in [0.15, 0.2) is 0 Å². The third-order valence-corrected chi connectivity index (χ3v) is 4.52. The molecule has 0 saturated carbocycles. The van der Waals surface area contributed by atoms with Gasteiger partial charge >= 0.3 is 0 Å². The van der Waals surface area contributed by atoms with Crippen LogP contribution < -0.4 is 0 Å². The molecule has 5 heteroatoms. The second-order valence-electron chi connectivity index (χ2n) is 6.02. The van der Waals surface area contributed by atoms with Crippen molar-refractivity contribution in [3.63, 3.8) is 0 Å². The average Bonchev–Trinajstić information content (AvgIpc) is 2.84. The van der Waals surface area contributed by atoms with Gasteiger partial charge in [0.25, 0.3) is 5.91 Å². The molecule has 0 radical (unpaired) electrons. The molecule has 2 aromatic heterocycles. The van der Waals surface area contributed by atoms with Crippen molar-refractivity contribution in [3.05, 3.63) is 52.4 Å². The minimum absolute atomic E-state index is 0.0297. The SMILES string of the molecule is Cc1nc(CN2Cc3ncccc3C2=O)nc2c1CCCC2. The molecule has 2 aliphatic rings. The molecule has 112 valence electrons. The summed E-state index contributed by atoms with van der Waals surface area (Å²) in [5, 5.41) is 0. The minimum atomic E-state index is 0.0297. The Bertz CT molecular complexity index is 756. The number of rotatable bonds is 2. The van der Waals surface area contributed by atoms with E-state index in [9.17, 15) is 4.79 Å². The molecule has 0 saturated heterocycles. The van der Waals surface area contributed by atoms with Gasteiger partial charge in [-0.25, -0.2) is 9.97 Å². The Labute approximate surface area is 129 Å². The van der Waals surface area contributed by atoms with Crippen LogP contribution in [-0.2, 0) is 25.9 Å². The van der Waals surface area contributed by atoms with Crippen molar-refractivity contribution < 1.29 is 4.79 Å². The Morgan fingerprint density at radius 1 is 1.18 bits per heavy atom. The Hall–Kier alpha value is -2.30. The van der Waals surface area contributed by atoms with Crippen LogP contribution in [0.25, 0.3) is 0 Å². The number of amides is 1. The van der Waals surface area contributed by atoms with Gasteiger partial charge in [0.2, 0.25) is 0 Å². The molecular weight excluding hydrogens is 276 g/mol. The van der Waals surface area contributed by atoms with Gasteiger partial charge < -0.3 is 4.90 Å². The van der Waals surface area contributed by atoms with Crippen LogP contribution in [-0.4, -0.2) is 25.8 Å². The summed E-state index contributed by atoms with van der Waals surface area (Å²) in [6, 6.07) is 3.64. The van der Waals surface area contributed by atoms with Crippen LogP contribution >= 0.6 is 0 Å². The highest BCUT2D eigenvalue weighted by molar-refractivity contribution is 5.97. The molecular formula is C17H18N4O. The summed E-state index contributed by atoms with van der Waals surface area (Å²) in [6.07, 6.45) is 6.26. The molecule has 1 aliphatic carbocycles. The number of nitrogens with zero attached hydrogens (tertiary/aromatic N) is 4. The average molecular weight is 294 g/mol. The lowest BCUT2D eigenvalue weighted by atomic mass is 9.95. The van der Waals surface area contributed by atoms with Gasteiger partial charge in [0, 0.05) is 17.6 Å². The topological polar surface area (TPSA) is 59.0 Å². The molecule has 0 bridgehead atoms. The van der Waals surface area contributed by atoms with Crippen LogP contribution in [0.1, 0.15) is 51.7 Å².